The van der Waals surface area contributed by atoms with Crippen LogP contribution in [0.3, 0.4) is 0 Å². The summed E-state index contributed by atoms with van der Waals surface area (Å²) in [6.07, 6.45) is 4.03. The number of hydrogen-bond donors (Lipinski definition) is 1. The summed E-state index contributed by atoms with van der Waals surface area (Å²) in [6.45, 7) is 0. The minimum Gasteiger partial charge on any atom is -0.332 e. The molecule has 0 radical (unpaired) electrons. The zero-order valence-electron chi connectivity index (χ0n) is 5.78. The summed E-state index contributed by atoms with van der Waals surface area (Å²) in [5, 5.41) is 0. The highest BCUT2D eigenvalue weighted by Gasteiger charge is 2.00. The summed E-state index contributed by atoms with van der Waals surface area (Å²) >= 11 is 1.65. The third-order valence-electron chi connectivity index (χ3n) is 1.42. The Morgan fingerprint density at radius 3 is 2.82 bits per heavy atom. The average Bonchev–Trinajstić information content (AvgIpc) is 2.05. The van der Waals surface area contributed by atoms with E-state index in [4.69, 9.17) is 0 Å². The lowest BCUT2D eigenvalue weighted by molar-refractivity contribution is 1.32. The molecule has 0 unspecified atom stereocenters. The first-order chi connectivity index (χ1) is 4.97. The van der Waals surface area contributed by atoms with Crippen molar-refractivity contribution in [1.29, 1.82) is 0 Å². The van der Waals surface area contributed by atoms with E-state index in [-0.39, 0.29) is 12.4 Å². The van der Waals surface area contributed by atoms with Crippen molar-refractivity contribution in [2.75, 3.05) is 0 Å². The molecule has 1 aromatic rings. The van der Waals surface area contributed by atoms with E-state index in [1.807, 2.05) is 12.3 Å². The van der Waals surface area contributed by atoms with Gasteiger partial charge in [-0.3, -0.25) is 0 Å². The summed E-state index contributed by atoms with van der Waals surface area (Å²) in [5.74, 6) is 0. The van der Waals surface area contributed by atoms with Crippen molar-refractivity contribution in [3.05, 3.63) is 36.0 Å². The second kappa shape index (κ2) is 3.69. The zero-order chi connectivity index (χ0) is 6.81. The predicted molar refractivity (Wildman–Crippen MR) is 51.7 cm³/mol. The van der Waals surface area contributed by atoms with Gasteiger partial charge in [0.1, 0.15) is 0 Å². The number of hydrogen-bond acceptors (Lipinski definition) is 2. The molecule has 0 fully saturated rings. The molecule has 1 heterocycles. The van der Waals surface area contributed by atoms with Crippen LogP contribution in [-0.2, 0) is 0 Å². The van der Waals surface area contributed by atoms with Gasteiger partial charge in [-0.05, 0) is 29.7 Å². The predicted octanol–water partition coefficient (Wildman–Crippen LogP) is 2.69. The Morgan fingerprint density at radius 1 is 1.18 bits per heavy atom. The van der Waals surface area contributed by atoms with Gasteiger partial charge in [0.2, 0.25) is 0 Å². The smallest absolute Gasteiger partial charge is 0.0357 e. The highest BCUT2D eigenvalue weighted by Crippen LogP contribution is 2.23. The summed E-state index contributed by atoms with van der Waals surface area (Å²) in [6, 6.07) is 8.32. The monoisotopic (exact) mass is 185 g/mol. The molecule has 58 valence electrons. The fourth-order valence-electron chi connectivity index (χ4n) is 0.932. The molecule has 0 spiro atoms. The topological polar surface area (TPSA) is 12.0 Å². The minimum absolute atomic E-state index is 0. The first-order valence-corrected chi connectivity index (χ1v) is 3.96. The van der Waals surface area contributed by atoms with E-state index >= 15 is 0 Å². The van der Waals surface area contributed by atoms with Crippen LogP contribution in [0.25, 0.3) is 6.08 Å². The molecule has 3 heteroatoms. The second-order valence-corrected chi connectivity index (χ2v) is 2.97. The lowest BCUT2D eigenvalue weighted by atomic mass is 10.2. The first-order valence-electron chi connectivity index (χ1n) is 3.15. The van der Waals surface area contributed by atoms with Gasteiger partial charge in [-0.1, -0.05) is 18.2 Å². The maximum Gasteiger partial charge on any atom is 0.0357 e. The summed E-state index contributed by atoms with van der Waals surface area (Å²) in [7, 11) is 0. The molecule has 0 amide bonds. The number of benzene rings is 1. The Kier molecular flexibility index (Phi) is 2.85. The molecule has 11 heavy (non-hydrogen) atoms. The van der Waals surface area contributed by atoms with E-state index < -0.39 is 0 Å². The Morgan fingerprint density at radius 2 is 2.00 bits per heavy atom. The van der Waals surface area contributed by atoms with E-state index in [0.717, 1.165) is 0 Å². The number of halogens is 1. The first kappa shape index (κ1) is 8.50. The van der Waals surface area contributed by atoms with E-state index in [0.29, 0.717) is 0 Å². The number of fused-ring (bicyclic) bond motifs is 1. The molecule has 0 saturated carbocycles. The van der Waals surface area contributed by atoms with E-state index in [2.05, 4.69) is 29.0 Å². The van der Waals surface area contributed by atoms with Crippen LogP contribution in [0.4, 0.5) is 0 Å². The largest absolute Gasteiger partial charge is 0.332 e. The summed E-state index contributed by atoms with van der Waals surface area (Å²) < 4.78 is 3.08. The van der Waals surface area contributed by atoms with Gasteiger partial charge in [0, 0.05) is 11.1 Å². The van der Waals surface area contributed by atoms with Crippen LogP contribution in [-0.4, -0.2) is 0 Å². The van der Waals surface area contributed by atoms with E-state index in [1.54, 1.807) is 11.9 Å². The van der Waals surface area contributed by atoms with Crippen molar-refractivity contribution in [3.63, 3.8) is 0 Å². The van der Waals surface area contributed by atoms with Gasteiger partial charge in [-0.2, -0.15) is 0 Å². The Bertz CT molecular complexity index is 273. The maximum absolute atomic E-state index is 3.08. The van der Waals surface area contributed by atoms with Crippen molar-refractivity contribution in [1.82, 2.24) is 4.72 Å². The highest BCUT2D eigenvalue weighted by atomic mass is 35.5. The minimum atomic E-state index is 0. The molecule has 1 aliphatic heterocycles. The van der Waals surface area contributed by atoms with Gasteiger partial charge in [0.05, 0.1) is 0 Å². The van der Waals surface area contributed by atoms with Crippen molar-refractivity contribution >= 4 is 30.4 Å². The average molecular weight is 186 g/mol. The standard InChI is InChI=1S/C8H7NS.ClH/c1-2-4-8-7(3-1)5-6-9-10-8;/h1-6,9H;1H. The molecule has 0 saturated heterocycles. The maximum atomic E-state index is 3.08. The van der Waals surface area contributed by atoms with Crippen molar-refractivity contribution in [3.8, 4) is 0 Å². The Labute approximate surface area is 76.4 Å². The highest BCUT2D eigenvalue weighted by molar-refractivity contribution is 7.97. The zero-order valence-corrected chi connectivity index (χ0v) is 7.41. The van der Waals surface area contributed by atoms with Crippen LogP contribution in [0.1, 0.15) is 5.56 Å². The Balaban J connectivity index is 0.000000605. The molecule has 2 rings (SSSR count). The molecule has 1 N–H and O–H groups in total. The van der Waals surface area contributed by atoms with Crippen LogP contribution < -0.4 is 4.72 Å². The van der Waals surface area contributed by atoms with Crippen molar-refractivity contribution < 1.29 is 0 Å². The third-order valence-corrected chi connectivity index (χ3v) is 2.26. The van der Waals surface area contributed by atoms with Crippen molar-refractivity contribution in [2.24, 2.45) is 0 Å². The number of nitrogens with one attached hydrogen (secondary N) is 1. The van der Waals surface area contributed by atoms with Gasteiger partial charge in [-0.25, -0.2) is 0 Å². The van der Waals surface area contributed by atoms with Crippen LogP contribution in [0.2, 0.25) is 0 Å². The van der Waals surface area contributed by atoms with Crippen LogP contribution >= 0.6 is 24.4 Å². The third kappa shape index (κ3) is 1.70. The van der Waals surface area contributed by atoms with Gasteiger partial charge in [0.15, 0.2) is 0 Å². The fraction of sp³-hybridized carbons (Fsp3) is 0. The SMILES string of the molecule is C1=Cc2ccccc2SN1.Cl. The van der Waals surface area contributed by atoms with Crippen LogP contribution in [0.15, 0.2) is 35.4 Å². The van der Waals surface area contributed by atoms with E-state index in [1.165, 1.54) is 10.5 Å². The van der Waals surface area contributed by atoms with Gasteiger partial charge >= 0.3 is 0 Å². The van der Waals surface area contributed by atoms with Gasteiger partial charge in [-0.15, -0.1) is 12.4 Å². The molecule has 0 aliphatic carbocycles. The molecule has 1 nitrogen and oxygen atoms in total. The van der Waals surface area contributed by atoms with Gasteiger partial charge in [0.25, 0.3) is 0 Å². The normalized spacial score (nSPS) is 12.7. The lowest BCUT2D eigenvalue weighted by Gasteiger charge is -2.08. The summed E-state index contributed by atoms with van der Waals surface area (Å²) in [5.41, 5.74) is 1.30. The Hall–Kier alpha value is -0.600. The molecule has 0 atom stereocenters. The molecular formula is C8H8ClNS. The second-order valence-electron chi connectivity index (χ2n) is 2.09. The summed E-state index contributed by atoms with van der Waals surface area (Å²) in [4.78, 5) is 1.30. The lowest BCUT2D eigenvalue weighted by Crippen LogP contribution is -1.96. The fourth-order valence-corrected chi connectivity index (χ4v) is 1.60. The number of rotatable bonds is 0. The molecule has 1 aliphatic rings. The molecular weight excluding hydrogens is 178 g/mol. The van der Waals surface area contributed by atoms with Gasteiger partial charge < -0.3 is 4.72 Å². The van der Waals surface area contributed by atoms with Crippen LogP contribution in [0.5, 0.6) is 0 Å². The van der Waals surface area contributed by atoms with Crippen molar-refractivity contribution in [2.45, 2.75) is 4.90 Å². The molecule has 0 aromatic heterocycles. The molecule has 0 bridgehead atoms. The van der Waals surface area contributed by atoms with Crippen LogP contribution in [0, 0.1) is 0 Å². The van der Waals surface area contributed by atoms with E-state index in [9.17, 15) is 0 Å². The molecule has 1 aromatic carbocycles. The quantitative estimate of drug-likeness (QED) is 0.624.